The summed E-state index contributed by atoms with van der Waals surface area (Å²) in [6, 6.07) is 16.3. The second kappa shape index (κ2) is 14.3. The van der Waals surface area contributed by atoms with Gasteiger partial charge in [-0.3, -0.25) is 4.90 Å². The Hall–Kier alpha value is -4.15. The van der Waals surface area contributed by atoms with Crippen molar-refractivity contribution in [2.24, 2.45) is 5.92 Å². The third-order valence-corrected chi connectivity index (χ3v) is 7.80. The van der Waals surface area contributed by atoms with Gasteiger partial charge in [-0.15, -0.1) is 0 Å². The van der Waals surface area contributed by atoms with Crippen LogP contribution >= 0.6 is 11.6 Å². The van der Waals surface area contributed by atoms with E-state index in [1.807, 2.05) is 42.5 Å². The van der Waals surface area contributed by atoms with Crippen LogP contribution in [-0.2, 0) is 4.74 Å². The van der Waals surface area contributed by atoms with Crippen molar-refractivity contribution in [3.63, 3.8) is 0 Å². The minimum atomic E-state index is -0.559. The molecule has 0 radical (unpaired) electrons. The Labute approximate surface area is 255 Å². The van der Waals surface area contributed by atoms with Gasteiger partial charge in [-0.1, -0.05) is 29.8 Å². The van der Waals surface area contributed by atoms with Gasteiger partial charge in [0.25, 0.3) is 0 Å². The van der Waals surface area contributed by atoms with Crippen molar-refractivity contribution >= 4 is 28.6 Å². The molecule has 43 heavy (non-hydrogen) atoms. The Balaban J connectivity index is 1.26. The monoisotopic (exact) mass is 609 g/mol. The molecular weight excluding hydrogens is 574 g/mol. The lowest BCUT2D eigenvalue weighted by atomic mass is 9.97. The minimum absolute atomic E-state index is 0.150. The molecule has 1 fully saturated rings. The molecule has 1 saturated heterocycles. The van der Waals surface area contributed by atoms with Crippen molar-refractivity contribution in [1.82, 2.24) is 14.9 Å². The molecule has 1 N–H and O–H groups in total. The summed E-state index contributed by atoms with van der Waals surface area (Å²) in [6.45, 7) is 2.93. The summed E-state index contributed by atoms with van der Waals surface area (Å²) in [6.07, 6.45) is 2.97. The van der Waals surface area contributed by atoms with Crippen LogP contribution in [0.2, 0.25) is 5.02 Å². The van der Waals surface area contributed by atoms with Crippen LogP contribution in [0.4, 0.5) is 0 Å². The maximum Gasteiger partial charge on any atom is 0.338 e. The Morgan fingerprint density at radius 1 is 0.953 bits per heavy atom. The SMILES string of the molecule is COc1cc(C(=O)OC(COc2cccc3[nH]cnc23)CN2CCC(COc3ccccc3Cl)CC2)cc(OC)c1OC. The number of carbonyl (C=O) groups is 1. The molecule has 228 valence electrons. The first-order chi connectivity index (χ1) is 21.0. The molecule has 2 heterocycles. The van der Waals surface area contributed by atoms with E-state index in [0.717, 1.165) is 37.0 Å². The molecule has 1 aliphatic rings. The number of H-pyrrole nitrogens is 1. The van der Waals surface area contributed by atoms with Crippen molar-refractivity contribution in [2.45, 2.75) is 18.9 Å². The van der Waals surface area contributed by atoms with Crippen LogP contribution in [0.25, 0.3) is 11.0 Å². The number of carbonyl (C=O) groups excluding carboxylic acids is 1. The van der Waals surface area contributed by atoms with Crippen molar-refractivity contribution in [3.05, 3.63) is 71.5 Å². The maximum absolute atomic E-state index is 13.4. The molecule has 3 aromatic carbocycles. The Bertz CT molecular complexity index is 1490. The number of benzene rings is 3. The first kappa shape index (κ1) is 30.3. The van der Waals surface area contributed by atoms with E-state index in [2.05, 4.69) is 14.9 Å². The highest BCUT2D eigenvalue weighted by atomic mass is 35.5. The summed E-state index contributed by atoms with van der Waals surface area (Å²) in [5, 5.41) is 0.613. The van der Waals surface area contributed by atoms with Gasteiger partial charge in [-0.2, -0.15) is 0 Å². The fraction of sp³-hybridized carbons (Fsp3) is 0.375. The van der Waals surface area contributed by atoms with Crippen LogP contribution < -0.4 is 23.7 Å². The first-order valence-electron chi connectivity index (χ1n) is 14.1. The quantitative estimate of drug-likeness (QED) is 0.193. The van der Waals surface area contributed by atoms with E-state index < -0.39 is 12.1 Å². The van der Waals surface area contributed by atoms with E-state index in [-0.39, 0.29) is 12.2 Å². The van der Waals surface area contributed by atoms with Gasteiger partial charge < -0.3 is 33.4 Å². The van der Waals surface area contributed by atoms with E-state index in [4.69, 9.17) is 40.0 Å². The molecule has 0 bridgehead atoms. The molecule has 10 nitrogen and oxygen atoms in total. The van der Waals surface area contributed by atoms with Gasteiger partial charge in [0, 0.05) is 6.54 Å². The van der Waals surface area contributed by atoms with Crippen LogP contribution in [0, 0.1) is 5.92 Å². The zero-order valence-corrected chi connectivity index (χ0v) is 25.3. The number of piperidine rings is 1. The number of ether oxygens (including phenoxy) is 6. The molecule has 1 aliphatic heterocycles. The van der Waals surface area contributed by atoms with Gasteiger partial charge in [0.1, 0.15) is 29.7 Å². The number of aromatic amines is 1. The number of esters is 1. The second-order valence-corrected chi connectivity index (χ2v) is 10.7. The van der Waals surface area contributed by atoms with E-state index in [9.17, 15) is 4.79 Å². The topological polar surface area (TPSA) is 104 Å². The zero-order valence-electron chi connectivity index (χ0n) is 24.5. The lowest BCUT2D eigenvalue weighted by molar-refractivity contribution is 0.00122. The normalized spacial score (nSPS) is 14.7. The average Bonchev–Trinajstić information content (AvgIpc) is 3.53. The minimum Gasteiger partial charge on any atom is -0.493 e. The first-order valence-corrected chi connectivity index (χ1v) is 14.5. The van der Waals surface area contributed by atoms with Crippen molar-refractivity contribution in [2.75, 3.05) is 54.2 Å². The maximum atomic E-state index is 13.4. The van der Waals surface area contributed by atoms with Crippen LogP contribution in [0.3, 0.4) is 0 Å². The van der Waals surface area contributed by atoms with Gasteiger partial charge in [0.2, 0.25) is 5.75 Å². The van der Waals surface area contributed by atoms with Crippen LogP contribution in [-0.4, -0.2) is 81.1 Å². The average molecular weight is 610 g/mol. The number of para-hydroxylation sites is 2. The molecule has 1 aromatic heterocycles. The standard InChI is InChI=1S/C32H36ClN3O7/c1-38-28-15-22(16-29(39-2)31(28)40-3)32(37)43-23(19-42-27-10-6-8-25-30(27)35-20-34-25)17-36-13-11-21(12-14-36)18-41-26-9-5-4-7-24(26)33/h4-10,15-16,20-21,23H,11-14,17-19H2,1-3H3,(H,34,35). The highest BCUT2D eigenvalue weighted by Crippen LogP contribution is 2.38. The summed E-state index contributed by atoms with van der Waals surface area (Å²) in [5.74, 6) is 2.34. The second-order valence-electron chi connectivity index (χ2n) is 10.3. The van der Waals surface area contributed by atoms with Crippen molar-refractivity contribution < 1.29 is 33.2 Å². The molecule has 0 spiro atoms. The Kier molecular flexibility index (Phi) is 10.1. The van der Waals surface area contributed by atoms with Crippen LogP contribution in [0.1, 0.15) is 23.2 Å². The fourth-order valence-electron chi connectivity index (χ4n) is 5.17. The highest BCUT2D eigenvalue weighted by molar-refractivity contribution is 6.32. The lowest BCUT2D eigenvalue weighted by Crippen LogP contribution is -2.43. The molecule has 0 amide bonds. The van der Waals surface area contributed by atoms with Crippen molar-refractivity contribution in [1.29, 1.82) is 0 Å². The van der Waals surface area contributed by atoms with Gasteiger partial charge in [-0.25, -0.2) is 9.78 Å². The molecule has 0 aliphatic carbocycles. The largest absolute Gasteiger partial charge is 0.493 e. The van der Waals surface area contributed by atoms with Crippen LogP contribution in [0.5, 0.6) is 28.7 Å². The number of fused-ring (bicyclic) bond motifs is 1. The number of rotatable bonds is 13. The van der Waals surface area contributed by atoms with Gasteiger partial charge in [0.15, 0.2) is 11.5 Å². The van der Waals surface area contributed by atoms with E-state index >= 15 is 0 Å². The number of aromatic nitrogens is 2. The number of hydrogen-bond acceptors (Lipinski definition) is 9. The summed E-state index contributed by atoms with van der Waals surface area (Å²) < 4.78 is 34.5. The number of halogens is 1. The van der Waals surface area contributed by atoms with Gasteiger partial charge >= 0.3 is 5.97 Å². The number of nitrogens with zero attached hydrogens (tertiary/aromatic N) is 2. The van der Waals surface area contributed by atoms with E-state index in [1.165, 1.54) is 21.3 Å². The number of likely N-dealkylation sites (tertiary alicyclic amines) is 1. The lowest BCUT2D eigenvalue weighted by Gasteiger charge is -2.34. The molecule has 0 saturated carbocycles. The third-order valence-electron chi connectivity index (χ3n) is 7.49. The number of hydrogen-bond donors (Lipinski definition) is 1. The number of imidazole rings is 1. The molecule has 11 heteroatoms. The molecule has 4 aromatic rings. The summed E-state index contributed by atoms with van der Waals surface area (Å²) in [4.78, 5) is 23.2. The molecule has 5 rings (SSSR count). The van der Waals surface area contributed by atoms with E-state index in [1.54, 1.807) is 18.5 Å². The van der Waals surface area contributed by atoms with Gasteiger partial charge in [-0.05, 0) is 68.2 Å². The molecule has 1 atom stereocenters. The predicted molar refractivity (Wildman–Crippen MR) is 163 cm³/mol. The zero-order chi connectivity index (χ0) is 30.2. The predicted octanol–water partition coefficient (Wildman–Crippen LogP) is 5.64. The van der Waals surface area contributed by atoms with Gasteiger partial charge in [0.05, 0.1) is 50.4 Å². The Morgan fingerprint density at radius 2 is 1.67 bits per heavy atom. The van der Waals surface area contributed by atoms with E-state index in [0.29, 0.717) is 52.8 Å². The van der Waals surface area contributed by atoms with Crippen LogP contribution in [0.15, 0.2) is 60.9 Å². The summed E-state index contributed by atoms with van der Waals surface area (Å²) >= 11 is 6.24. The number of methoxy groups -OCH3 is 3. The Morgan fingerprint density at radius 3 is 2.37 bits per heavy atom. The van der Waals surface area contributed by atoms with Crippen molar-refractivity contribution in [3.8, 4) is 28.7 Å². The smallest absolute Gasteiger partial charge is 0.338 e. The highest BCUT2D eigenvalue weighted by Gasteiger charge is 2.27. The summed E-state index contributed by atoms with van der Waals surface area (Å²) in [7, 11) is 4.52. The number of nitrogens with one attached hydrogen (secondary N) is 1. The molecule has 1 unspecified atom stereocenters. The summed E-state index contributed by atoms with van der Waals surface area (Å²) in [5.41, 5.74) is 1.87. The molecular formula is C32H36ClN3O7. The third kappa shape index (κ3) is 7.44. The fourth-order valence-corrected chi connectivity index (χ4v) is 5.36.